The van der Waals surface area contributed by atoms with Crippen molar-refractivity contribution in [2.24, 2.45) is 0 Å². The third-order valence-electron chi connectivity index (χ3n) is 4.51. The molecular formula is C22H13N3O2S2. The Bertz CT molecular complexity index is 1190. The van der Waals surface area contributed by atoms with Gasteiger partial charge in [-0.1, -0.05) is 18.2 Å². The van der Waals surface area contributed by atoms with Gasteiger partial charge in [-0.3, -0.25) is 9.59 Å². The molecule has 0 radical (unpaired) electrons. The first-order chi connectivity index (χ1) is 14.2. The van der Waals surface area contributed by atoms with E-state index in [9.17, 15) is 9.59 Å². The highest BCUT2D eigenvalue weighted by molar-refractivity contribution is 7.99. The van der Waals surface area contributed by atoms with Crippen molar-refractivity contribution in [2.75, 3.05) is 4.90 Å². The van der Waals surface area contributed by atoms with Gasteiger partial charge in [0.05, 0.1) is 27.4 Å². The van der Waals surface area contributed by atoms with Gasteiger partial charge < -0.3 is 0 Å². The lowest BCUT2D eigenvalue weighted by Gasteiger charge is -2.14. The van der Waals surface area contributed by atoms with Gasteiger partial charge in [0.2, 0.25) is 0 Å². The molecule has 3 heterocycles. The molecule has 0 saturated heterocycles. The fraction of sp³-hybridized carbons (Fsp3) is 0. The Morgan fingerprint density at radius 2 is 1.55 bits per heavy atom. The number of aromatic nitrogens is 2. The standard InChI is InChI=1S/C22H13N3O2S2/c26-20-16-4-1-2-5-17(16)21(27)25(20)14-7-9-15(10-8-14)29-22-23-12-11-18(24-22)19-6-3-13-28-19/h1-13H. The van der Waals surface area contributed by atoms with E-state index in [-0.39, 0.29) is 11.8 Å². The molecule has 0 unspecified atom stereocenters. The van der Waals surface area contributed by atoms with E-state index >= 15 is 0 Å². The van der Waals surface area contributed by atoms with E-state index in [4.69, 9.17) is 0 Å². The quantitative estimate of drug-likeness (QED) is 0.340. The highest BCUT2D eigenvalue weighted by Gasteiger charge is 2.36. The number of benzene rings is 2. The van der Waals surface area contributed by atoms with E-state index in [0.717, 1.165) is 15.5 Å². The largest absolute Gasteiger partial charge is 0.268 e. The second-order valence-electron chi connectivity index (χ2n) is 6.29. The van der Waals surface area contributed by atoms with Crippen molar-refractivity contribution in [1.82, 2.24) is 9.97 Å². The van der Waals surface area contributed by atoms with Gasteiger partial charge in [0, 0.05) is 11.1 Å². The van der Waals surface area contributed by atoms with E-state index in [0.29, 0.717) is 22.0 Å². The molecule has 0 fully saturated rings. The van der Waals surface area contributed by atoms with Crippen molar-refractivity contribution >= 4 is 40.6 Å². The van der Waals surface area contributed by atoms with Gasteiger partial charge >= 0.3 is 0 Å². The van der Waals surface area contributed by atoms with E-state index in [1.807, 2.05) is 35.7 Å². The van der Waals surface area contributed by atoms with Crippen molar-refractivity contribution in [3.05, 3.63) is 89.4 Å². The number of hydrogen-bond donors (Lipinski definition) is 0. The Hall–Kier alpha value is -3.29. The topological polar surface area (TPSA) is 63.2 Å². The van der Waals surface area contributed by atoms with Crippen LogP contribution in [0.25, 0.3) is 10.6 Å². The zero-order valence-electron chi connectivity index (χ0n) is 15.0. The van der Waals surface area contributed by atoms with Crippen molar-refractivity contribution in [1.29, 1.82) is 0 Å². The maximum atomic E-state index is 12.6. The van der Waals surface area contributed by atoms with Crippen LogP contribution in [0.3, 0.4) is 0 Å². The summed E-state index contributed by atoms with van der Waals surface area (Å²) in [7, 11) is 0. The molecule has 1 aliphatic heterocycles. The molecule has 1 aliphatic rings. The van der Waals surface area contributed by atoms with Gasteiger partial charge in [-0.2, -0.15) is 0 Å². The molecule has 0 spiro atoms. The first kappa shape index (κ1) is 17.8. The molecule has 0 N–H and O–H groups in total. The highest BCUT2D eigenvalue weighted by Crippen LogP contribution is 2.32. The Kier molecular flexibility index (Phi) is 4.46. The summed E-state index contributed by atoms with van der Waals surface area (Å²) in [6.07, 6.45) is 1.75. The Balaban J connectivity index is 1.37. The molecule has 2 aromatic carbocycles. The number of thiophene rings is 1. The lowest BCUT2D eigenvalue weighted by Crippen LogP contribution is -2.29. The second kappa shape index (κ2) is 7.27. The van der Waals surface area contributed by atoms with Crippen LogP contribution in [0, 0.1) is 0 Å². The summed E-state index contributed by atoms with van der Waals surface area (Å²) in [6, 6.07) is 20.1. The number of hydrogen-bond acceptors (Lipinski definition) is 6. The number of amides is 2. The molecule has 140 valence electrons. The second-order valence-corrected chi connectivity index (χ2v) is 8.28. The molecule has 0 atom stereocenters. The summed E-state index contributed by atoms with van der Waals surface area (Å²) in [5.41, 5.74) is 2.32. The zero-order valence-corrected chi connectivity index (χ0v) is 16.6. The predicted molar refractivity (Wildman–Crippen MR) is 113 cm³/mol. The summed E-state index contributed by atoms with van der Waals surface area (Å²) < 4.78 is 0. The van der Waals surface area contributed by atoms with Gasteiger partial charge in [-0.25, -0.2) is 14.9 Å². The molecule has 2 amide bonds. The lowest BCUT2D eigenvalue weighted by atomic mass is 10.1. The van der Waals surface area contributed by atoms with E-state index in [1.54, 1.807) is 53.9 Å². The molecule has 5 nitrogen and oxygen atoms in total. The molecule has 7 heteroatoms. The van der Waals surface area contributed by atoms with Crippen molar-refractivity contribution < 1.29 is 9.59 Å². The number of anilines is 1. The summed E-state index contributed by atoms with van der Waals surface area (Å²) in [5.74, 6) is -0.587. The summed E-state index contributed by atoms with van der Waals surface area (Å²) in [5, 5.41) is 2.66. The van der Waals surface area contributed by atoms with Crippen LogP contribution in [-0.2, 0) is 0 Å². The van der Waals surface area contributed by atoms with Crippen LogP contribution in [0.5, 0.6) is 0 Å². The first-order valence-corrected chi connectivity index (χ1v) is 10.5. The minimum absolute atomic E-state index is 0.294. The fourth-order valence-corrected chi connectivity index (χ4v) is 4.58. The third kappa shape index (κ3) is 3.24. The number of imide groups is 1. The first-order valence-electron chi connectivity index (χ1n) is 8.83. The Labute approximate surface area is 175 Å². The molecule has 2 aromatic heterocycles. The van der Waals surface area contributed by atoms with Gasteiger partial charge in [-0.15, -0.1) is 11.3 Å². The van der Waals surface area contributed by atoms with Gasteiger partial charge in [0.15, 0.2) is 5.16 Å². The van der Waals surface area contributed by atoms with Crippen LogP contribution >= 0.6 is 23.1 Å². The molecular weight excluding hydrogens is 402 g/mol. The number of rotatable bonds is 4. The van der Waals surface area contributed by atoms with Crippen LogP contribution in [0.2, 0.25) is 0 Å². The van der Waals surface area contributed by atoms with Crippen LogP contribution in [0.15, 0.2) is 88.4 Å². The molecule has 5 rings (SSSR count). The van der Waals surface area contributed by atoms with Crippen LogP contribution in [0.1, 0.15) is 20.7 Å². The summed E-state index contributed by atoms with van der Waals surface area (Å²) >= 11 is 3.07. The normalized spacial score (nSPS) is 13.0. The number of carbonyl (C=O) groups is 2. The van der Waals surface area contributed by atoms with E-state index in [1.165, 1.54) is 16.7 Å². The smallest absolute Gasteiger partial charge is 0.266 e. The molecule has 0 saturated carbocycles. The lowest BCUT2D eigenvalue weighted by molar-refractivity contribution is 0.0926. The zero-order chi connectivity index (χ0) is 19.8. The number of fused-ring (bicyclic) bond motifs is 1. The fourth-order valence-electron chi connectivity index (χ4n) is 3.14. The summed E-state index contributed by atoms with van der Waals surface area (Å²) in [6.45, 7) is 0. The van der Waals surface area contributed by atoms with Crippen molar-refractivity contribution in [3.8, 4) is 10.6 Å². The van der Waals surface area contributed by atoms with Crippen molar-refractivity contribution in [3.63, 3.8) is 0 Å². The van der Waals surface area contributed by atoms with Crippen LogP contribution in [-0.4, -0.2) is 21.8 Å². The molecule has 4 aromatic rings. The van der Waals surface area contributed by atoms with Crippen LogP contribution < -0.4 is 4.90 Å². The third-order valence-corrected chi connectivity index (χ3v) is 6.28. The average Bonchev–Trinajstić information content (AvgIpc) is 3.37. The number of nitrogens with zero attached hydrogens (tertiary/aromatic N) is 3. The van der Waals surface area contributed by atoms with Gasteiger partial charge in [0.25, 0.3) is 11.8 Å². The highest BCUT2D eigenvalue weighted by atomic mass is 32.2. The SMILES string of the molecule is O=C1c2ccccc2C(=O)N1c1ccc(Sc2nccc(-c3cccs3)n2)cc1. The van der Waals surface area contributed by atoms with Gasteiger partial charge in [-0.05, 0) is 65.7 Å². The maximum absolute atomic E-state index is 12.6. The molecule has 29 heavy (non-hydrogen) atoms. The van der Waals surface area contributed by atoms with E-state index in [2.05, 4.69) is 9.97 Å². The minimum Gasteiger partial charge on any atom is -0.268 e. The number of carbonyl (C=O) groups excluding carboxylic acids is 2. The minimum atomic E-state index is -0.294. The monoisotopic (exact) mass is 415 g/mol. The Morgan fingerprint density at radius 3 is 2.21 bits per heavy atom. The van der Waals surface area contributed by atoms with Crippen LogP contribution in [0.4, 0.5) is 5.69 Å². The van der Waals surface area contributed by atoms with Crippen molar-refractivity contribution in [2.45, 2.75) is 10.1 Å². The molecule has 0 aliphatic carbocycles. The van der Waals surface area contributed by atoms with E-state index < -0.39 is 0 Å². The predicted octanol–water partition coefficient (Wildman–Crippen LogP) is 5.16. The summed E-state index contributed by atoms with van der Waals surface area (Å²) in [4.78, 5) is 37.4. The molecule has 0 bridgehead atoms. The Morgan fingerprint density at radius 1 is 0.828 bits per heavy atom. The average molecular weight is 415 g/mol. The maximum Gasteiger partial charge on any atom is 0.266 e. The van der Waals surface area contributed by atoms with Gasteiger partial charge in [0.1, 0.15) is 0 Å².